The summed E-state index contributed by atoms with van der Waals surface area (Å²) in [4.78, 5) is 0. The van der Waals surface area contributed by atoms with Gasteiger partial charge < -0.3 is 10.2 Å². The zero-order valence-corrected chi connectivity index (χ0v) is 8.16. The monoisotopic (exact) mass is 187 g/mol. The number of aryl methyl sites for hydroxylation is 1. The van der Waals surface area contributed by atoms with E-state index < -0.39 is 0 Å². The lowest BCUT2D eigenvalue weighted by Gasteiger charge is -2.01. The van der Waals surface area contributed by atoms with E-state index in [1.54, 1.807) is 6.26 Å². The molecule has 0 saturated carbocycles. The van der Waals surface area contributed by atoms with Gasteiger partial charge >= 0.3 is 0 Å². The minimum atomic E-state index is 0.441. The molecule has 2 N–H and O–H groups in total. The molecule has 0 spiro atoms. The van der Waals surface area contributed by atoms with E-state index in [9.17, 15) is 0 Å². The third kappa shape index (κ3) is 1.56. The molecule has 1 aromatic carbocycles. The molecular weight excluding hydrogens is 174 g/mol. The fourth-order valence-electron chi connectivity index (χ4n) is 1.57. The van der Waals surface area contributed by atoms with Gasteiger partial charge in [0.25, 0.3) is 0 Å². The van der Waals surface area contributed by atoms with E-state index in [4.69, 9.17) is 10.2 Å². The molecule has 14 heavy (non-hydrogen) atoms. The van der Waals surface area contributed by atoms with Gasteiger partial charge in [-0.2, -0.15) is 0 Å². The van der Waals surface area contributed by atoms with Gasteiger partial charge in [0, 0.05) is 5.56 Å². The summed E-state index contributed by atoms with van der Waals surface area (Å²) in [6, 6.07) is 10.3. The number of furan rings is 1. The Bertz CT molecular complexity index is 431. The van der Waals surface area contributed by atoms with Crippen molar-refractivity contribution >= 4 is 0 Å². The van der Waals surface area contributed by atoms with Crippen molar-refractivity contribution in [2.45, 2.75) is 13.5 Å². The Morgan fingerprint density at radius 2 is 2.14 bits per heavy atom. The Kier molecular flexibility index (Phi) is 2.37. The minimum absolute atomic E-state index is 0.441. The molecule has 0 aliphatic carbocycles. The van der Waals surface area contributed by atoms with E-state index in [0.717, 1.165) is 11.3 Å². The summed E-state index contributed by atoms with van der Waals surface area (Å²) in [6.45, 7) is 2.52. The van der Waals surface area contributed by atoms with Crippen molar-refractivity contribution in [3.8, 4) is 11.1 Å². The zero-order chi connectivity index (χ0) is 9.97. The largest absolute Gasteiger partial charge is 0.467 e. The van der Waals surface area contributed by atoms with Crippen molar-refractivity contribution in [2.75, 3.05) is 0 Å². The van der Waals surface area contributed by atoms with Crippen molar-refractivity contribution in [1.29, 1.82) is 0 Å². The van der Waals surface area contributed by atoms with Gasteiger partial charge in [0.05, 0.1) is 12.8 Å². The molecule has 2 rings (SSSR count). The highest BCUT2D eigenvalue weighted by molar-refractivity contribution is 5.65. The second-order valence-corrected chi connectivity index (χ2v) is 3.33. The number of rotatable bonds is 2. The highest BCUT2D eigenvalue weighted by atomic mass is 16.3. The third-order valence-corrected chi connectivity index (χ3v) is 2.26. The second kappa shape index (κ2) is 3.68. The van der Waals surface area contributed by atoms with Crippen LogP contribution < -0.4 is 5.73 Å². The van der Waals surface area contributed by atoms with Gasteiger partial charge in [0.1, 0.15) is 5.76 Å². The molecule has 1 aromatic heterocycles. The molecule has 0 atom stereocenters. The lowest BCUT2D eigenvalue weighted by Crippen LogP contribution is -1.95. The van der Waals surface area contributed by atoms with Gasteiger partial charge in [-0.05, 0) is 18.6 Å². The quantitative estimate of drug-likeness (QED) is 0.785. The van der Waals surface area contributed by atoms with Gasteiger partial charge in [-0.1, -0.05) is 29.8 Å². The average molecular weight is 187 g/mol. The van der Waals surface area contributed by atoms with Crippen LogP contribution in [-0.2, 0) is 6.54 Å². The summed E-state index contributed by atoms with van der Waals surface area (Å²) < 4.78 is 5.28. The first-order chi connectivity index (χ1) is 6.81. The standard InChI is InChI=1S/C12H13NO/c1-9-3-2-4-10(7-9)11-5-6-14-12(11)8-13/h2-7H,8,13H2,1H3. The topological polar surface area (TPSA) is 39.2 Å². The van der Waals surface area contributed by atoms with Crippen LogP contribution in [0.5, 0.6) is 0 Å². The summed E-state index contributed by atoms with van der Waals surface area (Å²) in [5.41, 5.74) is 9.08. The zero-order valence-electron chi connectivity index (χ0n) is 8.16. The van der Waals surface area contributed by atoms with Crippen LogP contribution in [0.2, 0.25) is 0 Å². The van der Waals surface area contributed by atoms with E-state index in [0.29, 0.717) is 6.54 Å². The fourth-order valence-corrected chi connectivity index (χ4v) is 1.57. The van der Waals surface area contributed by atoms with Gasteiger partial charge in [-0.15, -0.1) is 0 Å². The van der Waals surface area contributed by atoms with Gasteiger partial charge in [0.15, 0.2) is 0 Å². The fraction of sp³-hybridized carbons (Fsp3) is 0.167. The molecule has 2 heteroatoms. The summed E-state index contributed by atoms with van der Waals surface area (Å²) in [5, 5.41) is 0. The van der Waals surface area contributed by atoms with Crippen LogP contribution in [-0.4, -0.2) is 0 Å². The predicted molar refractivity (Wildman–Crippen MR) is 56.8 cm³/mol. The van der Waals surface area contributed by atoms with Crippen LogP contribution in [0.3, 0.4) is 0 Å². The molecule has 2 aromatic rings. The molecule has 0 amide bonds. The number of nitrogens with two attached hydrogens (primary N) is 1. The maximum Gasteiger partial charge on any atom is 0.125 e. The SMILES string of the molecule is Cc1cccc(-c2ccoc2CN)c1. The number of hydrogen-bond donors (Lipinski definition) is 1. The van der Waals surface area contributed by atoms with Crippen LogP contribution in [0.4, 0.5) is 0 Å². The van der Waals surface area contributed by atoms with Gasteiger partial charge in [-0.3, -0.25) is 0 Å². The molecular formula is C12H13NO. The summed E-state index contributed by atoms with van der Waals surface area (Å²) in [7, 11) is 0. The minimum Gasteiger partial charge on any atom is -0.467 e. The van der Waals surface area contributed by atoms with Gasteiger partial charge in [-0.25, -0.2) is 0 Å². The Morgan fingerprint density at radius 3 is 2.86 bits per heavy atom. The average Bonchev–Trinajstić information content (AvgIpc) is 2.65. The second-order valence-electron chi connectivity index (χ2n) is 3.33. The third-order valence-electron chi connectivity index (χ3n) is 2.26. The first-order valence-electron chi connectivity index (χ1n) is 4.65. The van der Waals surface area contributed by atoms with E-state index in [2.05, 4.69) is 25.1 Å². The van der Waals surface area contributed by atoms with Crippen molar-refractivity contribution in [3.05, 3.63) is 47.9 Å². The number of benzene rings is 1. The Labute approximate surface area is 83.4 Å². The van der Waals surface area contributed by atoms with Crippen LogP contribution in [0.1, 0.15) is 11.3 Å². The lowest BCUT2D eigenvalue weighted by atomic mass is 10.0. The highest BCUT2D eigenvalue weighted by Gasteiger charge is 2.06. The van der Waals surface area contributed by atoms with E-state index in [-0.39, 0.29) is 0 Å². The number of hydrogen-bond acceptors (Lipinski definition) is 2. The van der Waals surface area contributed by atoms with Crippen LogP contribution >= 0.6 is 0 Å². The summed E-state index contributed by atoms with van der Waals surface area (Å²) in [6.07, 6.45) is 1.68. The van der Waals surface area contributed by atoms with E-state index in [1.165, 1.54) is 11.1 Å². The molecule has 0 fully saturated rings. The molecule has 72 valence electrons. The summed E-state index contributed by atoms with van der Waals surface area (Å²) >= 11 is 0. The van der Waals surface area contributed by atoms with Crippen molar-refractivity contribution in [3.63, 3.8) is 0 Å². The van der Waals surface area contributed by atoms with E-state index >= 15 is 0 Å². The molecule has 0 radical (unpaired) electrons. The van der Waals surface area contributed by atoms with Crippen LogP contribution in [0.15, 0.2) is 41.0 Å². The first-order valence-corrected chi connectivity index (χ1v) is 4.65. The van der Waals surface area contributed by atoms with Crippen molar-refractivity contribution < 1.29 is 4.42 Å². The molecule has 1 heterocycles. The Morgan fingerprint density at radius 1 is 1.29 bits per heavy atom. The highest BCUT2D eigenvalue weighted by Crippen LogP contribution is 2.25. The van der Waals surface area contributed by atoms with Gasteiger partial charge in [0.2, 0.25) is 0 Å². The smallest absolute Gasteiger partial charge is 0.125 e. The Hall–Kier alpha value is -1.54. The molecule has 0 aliphatic rings. The Balaban J connectivity index is 2.49. The first kappa shape index (κ1) is 9.03. The van der Waals surface area contributed by atoms with Crippen LogP contribution in [0, 0.1) is 6.92 Å². The van der Waals surface area contributed by atoms with Crippen molar-refractivity contribution in [1.82, 2.24) is 0 Å². The maximum atomic E-state index is 5.58. The molecule has 0 aliphatic heterocycles. The summed E-state index contributed by atoms with van der Waals surface area (Å²) in [5.74, 6) is 0.843. The molecule has 0 unspecified atom stereocenters. The normalized spacial score (nSPS) is 10.4. The molecule has 0 saturated heterocycles. The molecule has 2 nitrogen and oxygen atoms in total. The van der Waals surface area contributed by atoms with E-state index in [1.807, 2.05) is 12.1 Å². The molecule has 0 bridgehead atoms. The maximum absolute atomic E-state index is 5.58. The van der Waals surface area contributed by atoms with Crippen molar-refractivity contribution in [2.24, 2.45) is 5.73 Å². The lowest BCUT2D eigenvalue weighted by molar-refractivity contribution is 0.513. The predicted octanol–water partition coefficient (Wildman–Crippen LogP) is 2.71. The van der Waals surface area contributed by atoms with Crippen LogP contribution in [0.25, 0.3) is 11.1 Å².